The number of carbonyl (C=O) groups excluding carboxylic acids is 2. The monoisotopic (exact) mass is 356 g/mol. The number of rotatable bonds is 5. The number of benzene rings is 1. The lowest BCUT2D eigenvalue weighted by Gasteiger charge is -2.34. The van der Waals surface area contributed by atoms with Gasteiger partial charge in [0.15, 0.2) is 0 Å². The van der Waals surface area contributed by atoms with Crippen LogP contribution in [0.15, 0.2) is 30.6 Å². The van der Waals surface area contributed by atoms with Crippen LogP contribution in [0.4, 0.5) is 5.69 Å². The molecular weight excluding hydrogens is 332 g/mol. The number of hydrogen-bond acceptors (Lipinski definition) is 5. The third-order valence-electron chi connectivity index (χ3n) is 4.75. The van der Waals surface area contributed by atoms with Gasteiger partial charge in [-0.1, -0.05) is 6.07 Å². The molecule has 0 saturated carbocycles. The molecule has 1 aliphatic heterocycles. The van der Waals surface area contributed by atoms with E-state index in [1.54, 1.807) is 26.4 Å². The standard InChI is InChI=1S/C19H24N4O3/c1-22(2)18(24)12-26-15-5-7-23(8-6-15)17-11-21-10-14-4-3-13(19(20)25)9-16(14)17/h3-4,9-11,15H,5-8,12H2,1-2H3,(H2,20,25). The van der Waals surface area contributed by atoms with Gasteiger partial charge in [-0.15, -0.1) is 0 Å². The van der Waals surface area contributed by atoms with Gasteiger partial charge in [0, 0.05) is 49.7 Å². The summed E-state index contributed by atoms with van der Waals surface area (Å²) < 4.78 is 5.73. The zero-order chi connectivity index (χ0) is 18.7. The molecule has 26 heavy (non-hydrogen) atoms. The molecule has 1 aromatic carbocycles. The van der Waals surface area contributed by atoms with Gasteiger partial charge in [-0.25, -0.2) is 0 Å². The van der Waals surface area contributed by atoms with Crippen molar-refractivity contribution in [1.29, 1.82) is 0 Å². The van der Waals surface area contributed by atoms with Gasteiger partial charge in [0.2, 0.25) is 11.8 Å². The average Bonchev–Trinajstić information content (AvgIpc) is 2.65. The maximum Gasteiger partial charge on any atom is 0.248 e. The Morgan fingerprint density at radius 2 is 2.00 bits per heavy atom. The summed E-state index contributed by atoms with van der Waals surface area (Å²) >= 11 is 0. The van der Waals surface area contributed by atoms with Crippen LogP contribution in [0.3, 0.4) is 0 Å². The average molecular weight is 356 g/mol. The molecule has 2 heterocycles. The molecule has 2 aromatic rings. The summed E-state index contributed by atoms with van der Waals surface area (Å²) in [6, 6.07) is 5.42. The minimum absolute atomic E-state index is 0.0235. The maximum atomic E-state index is 11.6. The molecule has 0 unspecified atom stereocenters. The van der Waals surface area contributed by atoms with E-state index in [4.69, 9.17) is 10.5 Å². The summed E-state index contributed by atoms with van der Waals surface area (Å²) in [5, 5.41) is 1.95. The van der Waals surface area contributed by atoms with E-state index in [0.717, 1.165) is 42.4 Å². The van der Waals surface area contributed by atoms with Crippen molar-refractivity contribution in [3.8, 4) is 0 Å². The molecular formula is C19H24N4O3. The second kappa shape index (κ2) is 7.70. The number of anilines is 1. The number of pyridine rings is 1. The number of primary amides is 1. The first-order chi connectivity index (χ1) is 12.5. The van der Waals surface area contributed by atoms with Gasteiger partial charge in [0.05, 0.1) is 18.0 Å². The van der Waals surface area contributed by atoms with Crippen LogP contribution in [0.2, 0.25) is 0 Å². The number of likely N-dealkylation sites (N-methyl/N-ethyl adjacent to an activating group) is 1. The Balaban J connectivity index is 1.70. The minimum atomic E-state index is -0.438. The Morgan fingerprint density at radius 3 is 2.65 bits per heavy atom. The van der Waals surface area contributed by atoms with Crippen LogP contribution in [0, 0.1) is 0 Å². The van der Waals surface area contributed by atoms with E-state index < -0.39 is 5.91 Å². The number of piperidine rings is 1. The molecule has 138 valence electrons. The first-order valence-electron chi connectivity index (χ1n) is 8.70. The summed E-state index contributed by atoms with van der Waals surface area (Å²) in [5.74, 6) is -0.461. The van der Waals surface area contributed by atoms with Gasteiger partial charge in [-0.3, -0.25) is 14.6 Å². The highest BCUT2D eigenvalue weighted by molar-refractivity contribution is 6.01. The molecule has 0 spiro atoms. The lowest BCUT2D eigenvalue weighted by atomic mass is 10.0. The predicted octanol–water partition coefficient (Wildman–Crippen LogP) is 1.41. The van der Waals surface area contributed by atoms with Crippen LogP contribution in [0.1, 0.15) is 23.2 Å². The van der Waals surface area contributed by atoms with E-state index in [1.165, 1.54) is 4.90 Å². The highest BCUT2D eigenvalue weighted by Gasteiger charge is 2.22. The summed E-state index contributed by atoms with van der Waals surface area (Å²) in [6.45, 7) is 1.74. The summed E-state index contributed by atoms with van der Waals surface area (Å²) in [5.41, 5.74) is 6.90. The van der Waals surface area contributed by atoms with Crippen molar-refractivity contribution in [2.75, 3.05) is 38.7 Å². The van der Waals surface area contributed by atoms with Gasteiger partial charge < -0.3 is 20.3 Å². The van der Waals surface area contributed by atoms with Crippen LogP contribution in [0.25, 0.3) is 10.8 Å². The molecule has 7 heteroatoms. The summed E-state index contributed by atoms with van der Waals surface area (Å²) in [7, 11) is 3.45. The Labute approximate surface area is 152 Å². The number of ether oxygens (including phenoxy) is 1. The molecule has 3 rings (SSSR count). The fourth-order valence-electron chi connectivity index (χ4n) is 3.14. The summed E-state index contributed by atoms with van der Waals surface area (Å²) in [4.78, 5) is 31.2. The van der Waals surface area contributed by atoms with Crippen molar-refractivity contribution in [2.24, 2.45) is 5.73 Å². The van der Waals surface area contributed by atoms with Gasteiger partial charge in [0.1, 0.15) is 6.61 Å². The smallest absolute Gasteiger partial charge is 0.248 e. The van der Waals surface area contributed by atoms with Crippen molar-refractivity contribution >= 4 is 28.3 Å². The largest absolute Gasteiger partial charge is 0.370 e. The third-order valence-corrected chi connectivity index (χ3v) is 4.75. The normalized spacial score (nSPS) is 15.2. The molecule has 0 bridgehead atoms. The number of nitrogens with two attached hydrogens (primary N) is 1. The van der Waals surface area contributed by atoms with Crippen LogP contribution >= 0.6 is 0 Å². The van der Waals surface area contributed by atoms with E-state index in [2.05, 4.69) is 9.88 Å². The number of fused-ring (bicyclic) bond motifs is 1. The SMILES string of the molecule is CN(C)C(=O)COC1CCN(c2cncc3ccc(C(N)=O)cc23)CC1. The molecule has 1 aromatic heterocycles. The minimum Gasteiger partial charge on any atom is -0.370 e. The first-order valence-corrected chi connectivity index (χ1v) is 8.70. The van der Waals surface area contributed by atoms with Gasteiger partial charge in [0.25, 0.3) is 0 Å². The van der Waals surface area contributed by atoms with Crippen LogP contribution in [-0.4, -0.2) is 61.6 Å². The van der Waals surface area contributed by atoms with Crippen LogP contribution < -0.4 is 10.6 Å². The molecule has 0 aliphatic carbocycles. The molecule has 2 amide bonds. The maximum absolute atomic E-state index is 11.6. The second-order valence-electron chi connectivity index (χ2n) is 6.74. The van der Waals surface area contributed by atoms with Gasteiger partial charge >= 0.3 is 0 Å². The molecule has 1 fully saturated rings. The molecule has 7 nitrogen and oxygen atoms in total. The van der Waals surface area contributed by atoms with Crippen molar-refractivity contribution in [3.63, 3.8) is 0 Å². The fraction of sp³-hybridized carbons (Fsp3) is 0.421. The van der Waals surface area contributed by atoms with Crippen molar-refractivity contribution in [2.45, 2.75) is 18.9 Å². The fourth-order valence-corrected chi connectivity index (χ4v) is 3.14. The number of carbonyl (C=O) groups is 2. The van der Waals surface area contributed by atoms with E-state index in [0.29, 0.717) is 5.56 Å². The molecule has 0 radical (unpaired) electrons. The Kier molecular flexibility index (Phi) is 5.37. The highest BCUT2D eigenvalue weighted by atomic mass is 16.5. The highest BCUT2D eigenvalue weighted by Crippen LogP contribution is 2.29. The van der Waals surface area contributed by atoms with Crippen LogP contribution in [0.5, 0.6) is 0 Å². The number of amides is 2. The van der Waals surface area contributed by atoms with Crippen molar-refractivity contribution < 1.29 is 14.3 Å². The lowest BCUT2D eigenvalue weighted by molar-refractivity contribution is -0.136. The van der Waals surface area contributed by atoms with E-state index in [9.17, 15) is 9.59 Å². The van der Waals surface area contributed by atoms with E-state index >= 15 is 0 Å². The zero-order valence-corrected chi connectivity index (χ0v) is 15.1. The second-order valence-corrected chi connectivity index (χ2v) is 6.74. The van der Waals surface area contributed by atoms with Gasteiger partial charge in [-0.2, -0.15) is 0 Å². The Bertz CT molecular complexity index is 814. The zero-order valence-electron chi connectivity index (χ0n) is 15.1. The molecule has 1 saturated heterocycles. The van der Waals surface area contributed by atoms with Crippen molar-refractivity contribution in [3.05, 3.63) is 36.2 Å². The quantitative estimate of drug-likeness (QED) is 0.875. The number of aromatic nitrogens is 1. The predicted molar refractivity (Wildman–Crippen MR) is 100 cm³/mol. The van der Waals surface area contributed by atoms with Gasteiger partial charge in [-0.05, 0) is 25.0 Å². The van der Waals surface area contributed by atoms with Crippen LogP contribution in [-0.2, 0) is 9.53 Å². The number of nitrogens with zero attached hydrogens (tertiary/aromatic N) is 3. The molecule has 0 atom stereocenters. The Morgan fingerprint density at radius 1 is 1.27 bits per heavy atom. The Hall–Kier alpha value is -2.67. The first kappa shape index (κ1) is 18.1. The van der Waals surface area contributed by atoms with Crippen molar-refractivity contribution in [1.82, 2.24) is 9.88 Å². The third kappa shape index (κ3) is 3.94. The topological polar surface area (TPSA) is 88.8 Å². The van der Waals surface area contributed by atoms with E-state index in [-0.39, 0.29) is 18.6 Å². The molecule has 2 N–H and O–H groups in total. The summed E-state index contributed by atoms with van der Waals surface area (Å²) in [6.07, 6.45) is 5.37. The lowest BCUT2D eigenvalue weighted by Crippen LogP contribution is -2.38. The van der Waals surface area contributed by atoms with E-state index in [1.807, 2.05) is 18.3 Å². The number of hydrogen-bond donors (Lipinski definition) is 1. The molecule has 1 aliphatic rings.